The van der Waals surface area contributed by atoms with Crippen LogP contribution in [0.15, 0.2) is 18.2 Å². The number of rotatable bonds is 6. The van der Waals surface area contributed by atoms with Crippen molar-refractivity contribution in [2.75, 3.05) is 24.8 Å². The summed E-state index contributed by atoms with van der Waals surface area (Å²) in [7, 11) is 1.61. The summed E-state index contributed by atoms with van der Waals surface area (Å²) in [6.45, 7) is 4.20. The molecule has 0 saturated heterocycles. The van der Waals surface area contributed by atoms with Gasteiger partial charge in [0.1, 0.15) is 11.6 Å². The molecule has 4 N–H and O–H groups in total. The molecule has 0 spiro atoms. The number of nitrogen functional groups attached to an aromatic ring is 1. The van der Waals surface area contributed by atoms with Crippen LogP contribution in [0.1, 0.15) is 20.3 Å². The van der Waals surface area contributed by atoms with Crippen molar-refractivity contribution in [2.45, 2.75) is 26.3 Å². The Morgan fingerprint density at radius 2 is 2.14 bits per heavy atom. The summed E-state index contributed by atoms with van der Waals surface area (Å²) in [5.74, 6) is 1.86. The molecule has 21 heavy (non-hydrogen) atoms. The van der Waals surface area contributed by atoms with E-state index in [0.29, 0.717) is 11.7 Å². The van der Waals surface area contributed by atoms with E-state index >= 15 is 0 Å². The highest BCUT2D eigenvalue weighted by atomic mass is 16.5. The van der Waals surface area contributed by atoms with Crippen molar-refractivity contribution < 1.29 is 9.84 Å². The summed E-state index contributed by atoms with van der Waals surface area (Å²) in [5.41, 5.74) is 6.51. The first kappa shape index (κ1) is 15.3. The van der Waals surface area contributed by atoms with Crippen LogP contribution >= 0.6 is 0 Å². The minimum absolute atomic E-state index is 0.0321. The maximum absolute atomic E-state index is 9.57. The first-order valence-corrected chi connectivity index (χ1v) is 7.07. The van der Waals surface area contributed by atoms with Crippen LogP contribution in [0.5, 0.6) is 5.75 Å². The van der Waals surface area contributed by atoms with E-state index in [1.54, 1.807) is 7.11 Å². The van der Waals surface area contributed by atoms with Gasteiger partial charge in [0, 0.05) is 5.39 Å². The van der Waals surface area contributed by atoms with Crippen LogP contribution in [-0.4, -0.2) is 34.8 Å². The average molecular weight is 290 g/mol. The fourth-order valence-corrected chi connectivity index (χ4v) is 2.19. The third kappa shape index (κ3) is 3.33. The Morgan fingerprint density at radius 1 is 1.38 bits per heavy atom. The molecule has 1 aromatic heterocycles. The number of aliphatic hydroxyl groups is 1. The highest BCUT2D eigenvalue weighted by Crippen LogP contribution is 2.27. The zero-order chi connectivity index (χ0) is 15.4. The number of aromatic nitrogens is 2. The van der Waals surface area contributed by atoms with Gasteiger partial charge in [-0.3, -0.25) is 0 Å². The van der Waals surface area contributed by atoms with E-state index in [4.69, 9.17) is 10.5 Å². The quantitative estimate of drug-likeness (QED) is 0.754. The summed E-state index contributed by atoms with van der Waals surface area (Å²) in [6.07, 6.45) is 0.958. The molecule has 2 aromatic rings. The van der Waals surface area contributed by atoms with Crippen LogP contribution in [-0.2, 0) is 0 Å². The first-order chi connectivity index (χ1) is 10.1. The summed E-state index contributed by atoms with van der Waals surface area (Å²) in [5, 5.41) is 13.7. The molecule has 2 rings (SSSR count). The van der Waals surface area contributed by atoms with Crippen molar-refractivity contribution in [3.63, 3.8) is 0 Å². The SMILES string of the molecule is CCC(C)C(CO)Nc1nc(N)nc2ccc(OC)cc12. The maximum atomic E-state index is 9.57. The van der Waals surface area contributed by atoms with Crippen LogP contribution in [0.25, 0.3) is 10.9 Å². The zero-order valence-corrected chi connectivity index (χ0v) is 12.6. The van der Waals surface area contributed by atoms with Crippen molar-refractivity contribution in [2.24, 2.45) is 5.92 Å². The van der Waals surface area contributed by atoms with Gasteiger partial charge in [0.25, 0.3) is 0 Å². The molecule has 0 amide bonds. The van der Waals surface area contributed by atoms with E-state index < -0.39 is 0 Å². The van der Waals surface area contributed by atoms with Crippen LogP contribution < -0.4 is 15.8 Å². The fourth-order valence-electron chi connectivity index (χ4n) is 2.19. The Labute approximate surface area is 124 Å². The Bertz CT molecular complexity index is 618. The van der Waals surface area contributed by atoms with Gasteiger partial charge >= 0.3 is 0 Å². The second-order valence-corrected chi connectivity index (χ2v) is 5.13. The minimum Gasteiger partial charge on any atom is -0.497 e. The molecule has 2 unspecified atom stereocenters. The van der Waals surface area contributed by atoms with Gasteiger partial charge in [-0.25, -0.2) is 4.98 Å². The number of anilines is 2. The first-order valence-electron chi connectivity index (χ1n) is 7.07. The highest BCUT2D eigenvalue weighted by molar-refractivity contribution is 5.91. The lowest BCUT2D eigenvalue weighted by molar-refractivity contribution is 0.241. The summed E-state index contributed by atoms with van der Waals surface area (Å²) in [6, 6.07) is 5.45. The molecule has 0 aliphatic rings. The Morgan fingerprint density at radius 3 is 2.76 bits per heavy atom. The van der Waals surface area contributed by atoms with Crippen molar-refractivity contribution in [1.29, 1.82) is 0 Å². The second kappa shape index (κ2) is 6.58. The standard InChI is InChI=1S/C15H22N4O2/c1-4-9(2)13(8-20)17-14-11-7-10(21-3)5-6-12(11)18-15(16)19-14/h5-7,9,13,20H,4,8H2,1-3H3,(H3,16,17,18,19). The van der Waals surface area contributed by atoms with Crippen LogP contribution in [0.2, 0.25) is 0 Å². The van der Waals surface area contributed by atoms with Crippen LogP contribution in [0.3, 0.4) is 0 Å². The van der Waals surface area contributed by atoms with E-state index in [0.717, 1.165) is 23.1 Å². The molecule has 0 fully saturated rings. The molecule has 0 radical (unpaired) electrons. The van der Waals surface area contributed by atoms with Crippen molar-refractivity contribution in [3.05, 3.63) is 18.2 Å². The number of nitrogens with one attached hydrogen (secondary N) is 1. The normalized spacial score (nSPS) is 13.9. The van der Waals surface area contributed by atoms with Crippen molar-refractivity contribution >= 4 is 22.7 Å². The summed E-state index contributed by atoms with van der Waals surface area (Å²) in [4.78, 5) is 8.49. The van der Waals surface area contributed by atoms with E-state index in [1.807, 2.05) is 18.2 Å². The molecular weight excluding hydrogens is 268 g/mol. The number of nitrogens with zero attached hydrogens (tertiary/aromatic N) is 2. The Balaban J connectivity index is 2.45. The molecule has 0 saturated carbocycles. The number of methoxy groups -OCH3 is 1. The lowest BCUT2D eigenvalue weighted by Crippen LogP contribution is -2.31. The molecule has 1 heterocycles. The van der Waals surface area contributed by atoms with E-state index in [1.165, 1.54) is 0 Å². The average Bonchev–Trinajstić information content (AvgIpc) is 2.51. The smallest absolute Gasteiger partial charge is 0.222 e. The van der Waals surface area contributed by atoms with Crippen LogP contribution in [0.4, 0.5) is 11.8 Å². The monoisotopic (exact) mass is 290 g/mol. The number of nitrogens with two attached hydrogens (primary N) is 1. The van der Waals surface area contributed by atoms with Gasteiger partial charge in [0.05, 0.1) is 25.3 Å². The van der Waals surface area contributed by atoms with Gasteiger partial charge in [0.15, 0.2) is 0 Å². The van der Waals surface area contributed by atoms with Crippen molar-refractivity contribution in [3.8, 4) is 5.75 Å². The van der Waals surface area contributed by atoms with Crippen LogP contribution in [0, 0.1) is 5.92 Å². The van der Waals surface area contributed by atoms with Gasteiger partial charge in [-0.2, -0.15) is 4.98 Å². The molecule has 6 heteroatoms. The molecule has 0 bridgehead atoms. The molecule has 1 aromatic carbocycles. The number of ether oxygens (including phenoxy) is 1. The van der Waals surface area contributed by atoms with Crippen molar-refractivity contribution in [1.82, 2.24) is 9.97 Å². The lowest BCUT2D eigenvalue weighted by Gasteiger charge is -2.23. The van der Waals surface area contributed by atoms with Gasteiger partial charge < -0.3 is 20.9 Å². The number of aliphatic hydroxyl groups excluding tert-OH is 1. The largest absolute Gasteiger partial charge is 0.497 e. The lowest BCUT2D eigenvalue weighted by atomic mass is 10.00. The van der Waals surface area contributed by atoms with E-state index in [2.05, 4.69) is 29.1 Å². The van der Waals surface area contributed by atoms with Gasteiger partial charge in [0.2, 0.25) is 5.95 Å². The number of hydrogen-bond donors (Lipinski definition) is 3. The molecule has 2 atom stereocenters. The van der Waals surface area contributed by atoms with E-state index in [-0.39, 0.29) is 18.6 Å². The molecule has 114 valence electrons. The zero-order valence-electron chi connectivity index (χ0n) is 12.6. The Kier molecular flexibility index (Phi) is 4.80. The van der Waals surface area contributed by atoms with Gasteiger partial charge in [-0.15, -0.1) is 0 Å². The predicted octanol–water partition coefficient (Wildman–Crippen LogP) is 2.04. The fraction of sp³-hybridized carbons (Fsp3) is 0.467. The van der Waals surface area contributed by atoms with Gasteiger partial charge in [-0.1, -0.05) is 20.3 Å². The summed E-state index contributed by atoms with van der Waals surface area (Å²) >= 11 is 0. The second-order valence-electron chi connectivity index (χ2n) is 5.13. The molecule has 0 aliphatic carbocycles. The maximum Gasteiger partial charge on any atom is 0.222 e. The summed E-state index contributed by atoms with van der Waals surface area (Å²) < 4.78 is 5.24. The minimum atomic E-state index is -0.0845. The van der Waals surface area contributed by atoms with Gasteiger partial charge in [-0.05, 0) is 24.1 Å². The highest BCUT2D eigenvalue weighted by Gasteiger charge is 2.17. The predicted molar refractivity (Wildman–Crippen MR) is 84.5 cm³/mol. The number of benzene rings is 1. The third-order valence-electron chi connectivity index (χ3n) is 3.77. The molecule has 6 nitrogen and oxygen atoms in total. The van der Waals surface area contributed by atoms with E-state index in [9.17, 15) is 5.11 Å². The topological polar surface area (TPSA) is 93.3 Å². The number of fused-ring (bicyclic) bond motifs is 1. The molecular formula is C15H22N4O2. The third-order valence-corrected chi connectivity index (χ3v) is 3.77. The molecule has 0 aliphatic heterocycles. The number of hydrogen-bond acceptors (Lipinski definition) is 6. The Hall–Kier alpha value is -2.08.